The summed E-state index contributed by atoms with van der Waals surface area (Å²) in [5.41, 5.74) is 0. The molecule has 0 saturated carbocycles. The summed E-state index contributed by atoms with van der Waals surface area (Å²) in [6.45, 7) is 1.55. The Labute approximate surface area is 70.3 Å². The summed E-state index contributed by atoms with van der Waals surface area (Å²) in [4.78, 5) is 9.93. The van der Waals surface area contributed by atoms with E-state index in [1.165, 1.54) is 0 Å². The maximum Gasteiger partial charge on any atom is 0.151 e. The van der Waals surface area contributed by atoms with Crippen LogP contribution >= 0.6 is 12.6 Å². The van der Waals surface area contributed by atoms with Crippen molar-refractivity contribution in [1.82, 2.24) is 0 Å². The number of hydrogen-bond donors (Lipinski definition) is 4. The predicted octanol–water partition coefficient (Wildman–Crippen LogP) is -1.41. The second-order valence-electron chi connectivity index (χ2n) is 2.35. The highest BCUT2D eigenvalue weighted by Gasteiger charge is 2.26. The quantitative estimate of drug-likeness (QED) is 0.316. The Kier molecular flexibility index (Phi) is 4.67. The molecule has 0 aliphatic carbocycles. The summed E-state index contributed by atoms with van der Waals surface area (Å²) in [5, 5.41) is 26.3. The standard InChI is InChI=1S/C6H12O4S/c1-3(11)5(9)6(10)4(8)2-7/h2-6,8-11H,1H3/t3-,4+,5+,6-/m1/s1. The fourth-order valence-electron chi connectivity index (χ4n) is 0.568. The number of hydrogen-bond acceptors (Lipinski definition) is 5. The molecule has 0 unspecified atom stereocenters. The van der Waals surface area contributed by atoms with Crippen LogP contribution < -0.4 is 0 Å². The SMILES string of the molecule is C[C@@H](S)[C@H](O)[C@H](O)[C@@H](O)C=O. The normalized spacial score (nSPS) is 21.9. The van der Waals surface area contributed by atoms with Gasteiger partial charge in [0.05, 0.1) is 6.10 Å². The largest absolute Gasteiger partial charge is 0.389 e. The zero-order valence-corrected chi connectivity index (χ0v) is 6.98. The van der Waals surface area contributed by atoms with Crippen molar-refractivity contribution in [3.8, 4) is 0 Å². The van der Waals surface area contributed by atoms with Gasteiger partial charge in [-0.05, 0) is 0 Å². The number of thiol groups is 1. The zero-order chi connectivity index (χ0) is 9.02. The zero-order valence-electron chi connectivity index (χ0n) is 6.08. The smallest absolute Gasteiger partial charge is 0.151 e. The van der Waals surface area contributed by atoms with Crippen molar-refractivity contribution < 1.29 is 20.1 Å². The highest BCUT2D eigenvalue weighted by atomic mass is 32.1. The lowest BCUT2D eigenvalue weighted by Gasteiger charge is -2.21. The monoisotopic (exact) mass is 180 g/mol. The van der Waals surface area contributed by atoms with Crippen LogP contribution in [-0.2, 0) is 4.79 Å². The molecule has 0 rings (SSSR count). The van der Waals surface area contributed by atoms with Crippen LogP contribution in [0.2, 0.25) is 0 Å². The minimum Gasteiger partial charge on any atom is -0.389 e. The Morgan fingerprint density at radius 3 is 2.00 bits per heavy atom. The second kappa shape index (κ2) is 4.71. The molecule has 66 valence electrons. The molecule has 0 fully saturated rings. The average molecular weight is 180 g/mol. The van der Waals surface area contributed by atoms with Crippen LogP contribution in [0.15, 0.2) is 0 Å². The van der Waals surface area contributed by atoms with Gasteiger partial charge in [0.2, 0.25) is 0 Å². The van der Waals surface area contributed by atoms with Gasteiger partial charge in [-0.2, -0.15) is 12.6 Å². The van der Waals surface area contributed by atoms with E-state index in [9.17, 15) is 4.79 Å². The lowest BCUT2D eigenvalue weighted by atomic mass is 10.1. The van der Waals surface area contributed by atoms with Crippen LogP contribution in [0.25, 0.3) is 0 Å². The number of aliphatic hydroxyl groups is 3. The molecule has 3 N–H and O–H groups in total. The molecular weight excluding hydrogens is 168 g/mol. The molecule has 0 aromatic heterocycles. The summed E-state index contributed by atoms with van der Waals surface area (Å²) < 4.78 is 0. The van der Waals surface area contributed by atoms with Crippen molar-refractivity contribution >= 4 is 18.9 Å². The molecule has 4 atom stereocenters. The van der Waals surface area contributed by atoms with Crippen LogP contribution in [0.4, 0.5) is 0 Å². The molecule has 0 aliphatic rings. The number of rotatable bonds is 4. The third-order valence-electron chi connectivity index (χ3n) is 1.33. The Hall–Kier alpha value is -0.100. The minimum atomic E-state index is -1.54. The summed E-state index contributed by atoms with van der Waals surface area (Å²) >= 11 is 3.83. The summed E-state index contributed by atoms with van der Waals surface area (Å²) in [7, 11) is 0. The lowest BCUT2D eigenvalue weighted by Crippen LogP contribution is -2.42. The van der Waals surface area contributed by atoms with Gasteiger partial charge in [-0.15, -0.1) is 0 Å². The molecule has 0 radical (unpaired) electrons. The maximum atomic E-state index is 9.93. The van der Waals surface area contributed by atoms with Crippen molar-refractivity contribution in [3.05, 3.63) is 0 Å². The van der Waals surface area contributed by atoms with E-state index in [0.29, 0.717) is 0 Å². The first-order valence-corrected chi connectivity index (χ1v) is 3.70. The molecule has 0 spiro atoms. The highest BCUT2D eigenvalue weighted by molar-refractivity contribution is 7.81. The molecule has 5 heteroatoms. The van der Waals surface area contributed by atoms with Gasteiger partial charge in [0.15, 0.2) is 6.29 Å². The third kappa shape index (κ3) is 3.20. The number of carbonyl (C=O) groups excluding carboxylic acids is 1. The van der Waals surface area contributed by atoms with Crippen LogP contribution in [0.3, 0.4) is 0 Å². The Balaban J connectivity index is 4.00. The highest BCUT2D eigenvalue weighted by Crippen LogP contribution is 2.07. The summed E-state index contributed by atoms with van der Waals surface area (Å²) in [6, 6.07) is 0. The Morgan fingerprint density at radius 1 is 1.27 bits per heavy atom. The maximum absolute atomic E-state index is 9.93. The lowest BCUT2D eigenvalue weighted by molar-refractivity contribution is -0.125. The topological polar surface area (TPSA) is 77.8 Å². The van der Waals surface area contributed by atoms with Gasteiger partial charge in [-0.25, -0.2) is 0 Å². The van der Waals surface area contributed by atoms with Gasteiger partial charge in [-0.1, -0.05) is 6.92 Å². The summed E-state index contributed by atoms with van der Waals surface area (Å²) in [6.07, 6.45) is -4.03. The van der Waals surface area contributed by atoms with E-state index in [2.05, 4.69) is 12.6 Å². The van der Waals surface area contributed by atoms with Gasteiger partial charge in [0.1, 0.15) is 12.2 Å². The van der Waals surface area contributed by atoms with Gasteiger partial charge in [0, 0.05) is 5.25 Å². The van der Waals surface area contributed by atoms with Crippen molar-refractivity contribution in [2.75, 3.05) is 0 Å². The van der Waals surface area contributed by atoms with Crippen molar-refractivity contribution in [2.45, 2.75) is 30.5 Å². The fraction of sp³-hybridized carbons (Fsp3) is 0.833. The predicted molar refractivity (Wildman–Crippen MR) is 42.5 cm³/mol. The van der Waals surface area contributed by atoms with Crippen molar-refractivity contribution in [1.29, 1.82) is 0 Å². The van der Waals surface area contributed by atoms with Gasteiger partial charge in [-0.3, -0.25) is 0 Å². The second-order valence-corrected chi connectivity index (χ2v) is 3.16. The molecule has 11 heavy (non-hydrogen) atoms. The molecule has 0 aromatic carbocycles. The molecule has 0 saturated heterocycles. The first-order valence-electron chi connectivity index (χ1n) is 3.18. The van der Waals surface area contributed by atoms with E-state index in [4.69, 9.17) is 15.3 Å². The Morgan fingerprint density at radius 2 is 1.73 bits per heavy atom. The van der Waals surface area contributed by atoms with Crippen LogP contribution in [0.1, 0.15) is 6.92 Å². The third-order valence-corrected chi connectivity index (χ3v) is 1.64. The minimum absolute atomic E-state index is 0.171. The number of carbonyl (C=O) groups is 1. The van der Waals surface area contributed by atoms with Gasteiger partial charge < -0.3 is 20.1 Å². The first kappa shape index (κ1) is 10.9. The van der Waals surface area contributed by atoms with Crippen LogP contribution in [-0.4, -0.2) is 45.2 Å². The van der Waals surface area contributed by atoms with Crippen LogP contribution in [0, 0.1) is 0 Å². The van der Waals surface area contributed by atoms with E-state index in [1.807, 2.05) is 0 Å². The Bertz CT molecular complexity index is 128. The van der Waals surface area contributed by atoms with E-state index in [-0.39, 0.29) is 6.29 Å². The first-order chi connectivity index (χ1) is 5.00. The van der Waals surface area contributed by atoms with Gasteiger partial charge in [0.25, 0.3) is 0 Å². The molecule has 0 aliphatic heterocycles. The van der Waals surface area contributed by atoms with Crippen molar-refractivity contribution in [2.24, 2.45) is 0 Å². The van der Waals surface area contributed by atoms with Crippen molar-refractivity contribution in [3.63, 3.8) is 0 Å². The number of aldehydes is 1. The van der Waals surface area contributed by atoms with E-state index >= 15 is 0 Å². The molecule has 4 nitrogen and oxygen atoms in total. The van der Waals surface area contributed by atoms with E-state index in [1.54, 1.807) is 6.92 Å². The van der Waals surface area contributed by atoms with Crippen LogP contribution in [0.5, 0.6) is 0 Å². The fourth-order valence-corrected chi connectivity index (χ4v) is 0.744. The van der Waals surface area contributed by atoms with E-state index < -0.39 is 23.6 Å². The van der Waals surface area contributed by atoms with E-state index in [0.717, 1.165) is 0 Å². The molecular formula is C6H12O4S. The van der Waals surface area contributed by atoms with Gasteiger partial charge >= 0.3 is 0 Å². The average Bonchev–Trinajstić information content (AvgIpc) is 2.00. The molecule has 0 aromatic rings. The molecule has 0 amide bonds. The summed E-state index contributed by atoms with van der Waals surface area (Å²) in [5.74, 6) is 0. The molecule has 0 heterocycles. The molecule has 0 bridgehead atoms. The number of aliphatic hydroxyl groups excluding tert-OH is 3.